The SMILES string of the molecule is CC1C(C)C(C)C([Si](NC(C)(C)C)C2CCC2)C1C. The van der Waals surface area contributed by atoms with Crippen molar-refractivity contribution in [2.45, 2.75) is 84.3 Å². The zero-order chi connectivity index (χ0) is 14.4. The third-order valence-corrected chi connectivity index (χ3v) is 10.3. The zero-order valence-corrected chi connectivity index (χ0v) is 15.1. The molecule has 2 heteroatoms. The second-order valence-electron chi connectivity index (χ2n) is 8.42. The Morgan fingerprint density at radius 2 is 1.32 bits per heavy atom. The standard InChI is InChI=1S/C17H34NSi/c1-11-12(2)14(4)16(13(11)3)19(15-9-8-10-15)18-17(5,6)7/h11-16,18H,8-10H2,1-7H3. The van der Waals surface area contributed by atoms with Crippen molar-refractivity contribution in [1.82, 2.24) is 4.98 Å². The summed E-state index contributed by atoms with van der Waals surface area (Å²) in [4.78, 5) is 4.10. The second kappa shape index (κ2) is 5.52. The Morgan fingerprint density at radius 3 is 1.63 bits per heavy atom. The molecule has 0 aliphatic heterocycles. The van der Waals surface area contributed by atoms with Crippen LogP contribution in [0.3, 0.4) is 0 Å². The summed E-state index contributed by atoms with van der Waals surface area (Å²) in [5.41, 5.74) is 2.30. The van der Waals surface area contributed by atoms with Gasteiger partial charge in [0.1, 0.15) is 8.96 Å². The minimum Gasteiger partial charge on any atom is -0.333 e. The first-order valence-electron chi connectivity index (χ1n) is 8.37. The van der Waals surface area contributed by atoms with Crippen molar-refractivity contribution in [2.24, 2.45) is 23.7 Å². The molecule has 0 aromatic heterocycles. The molecule has 1 nitrogen and oxygen atoms in total. The lowest BCUT2D eigenvalue weighted by molar-refractivity contribution is 0.352. The van der Waals surface area contributed by atoms with Gasteiger partial charge in [0.15, 0.2) is 0 Å². The first-order chi connectivity index (χ1) is 8.72. The van der Waals surface area contributed by atoms with E-state index in [-0.39, 0.29) is 0 Å². The Kier molecular flexibility index (Phi) is 4.52. The lowest BCUT2D eigenvalue weighted by Gasteiger charge is -2.43. The molecular formula is C17H34NSi. The van der Waals surface area contributed by atoms with Gasteiger partial charge in [-0.25, -0.2) is 0 Å². The summed E-state index contributed by atoms with van der Waals surface area (Å²) < 4.78 is 0. The predicted molar refractivity (Wildman–Crippen MR) is 86.6 cm³/mol. The van der Waals surface area contributed by atoms with E-state index in [1.165, 1.54) is 19.3 Å². The van der Waals surface area contributed by atoms with Gasteiger partial charge in [0, 0.05) is 5.54 Å². The van der Waals surface area contributed by atoms with Crippen LogP contribution in [0.2, 0.25) is 11.1 Å². The van der Waals surface area contributed by atoms with Gasteiger partial charge >= 0.3 is 0 Å². The summed E-state index contributed by atoms with van der Waals surface area (Å²) in [5.74, 6) is 3.63. The van der Waals surface area contributed by atoms with E-state index in [4.69, 9.17) is 0 Å². The summed E-state index contributed by atoms with van der Waals surface area (Å²) >= 11 is 0. The second-order valence-corrected chi connectivity index (χ2v) is 11.1. The van der Waals surface area contributed by atoms with E-state index >= 15 is 0 Å². The fourth-order valence-corrected chi connectivity index (χ4v) is 8.82. The van der Waals surface area contributed by atoms with Crippen LogP contribution < -0.4 is 4.98 Å². The van der Waals surface area contributed by atoms with Crippen LogP contribution in [0, 0.1) is 23.7 Å². The summed E-state index contributed by atoms with van der Waals surface area (Å²) in [6.07, 6.45) is 4.47. The maximum Gasteiger partial charge on any atom is 0.141 e. The van der Waals surface area contributed by atoms with Crippen LogP contribution in [0.5, 0.6) is 0 Å². The molecule has 0 saturated heterocycles. The number of hydrogen-bond donors (Lipinski definition) is 1. The number of rotatable bonds is 3. The van der Waals surface area contributed by atoms with Crippen LogP contribution in [-0.4, -0.2) is 14.5 Å². The summed E-state index contributed by atoms with van der Waals surface area (Å²) in [6.45, 7) is 17.1. The predicted octanol–water partition coefficient (Wildman–Crippen LogP) is 4.85. The van der Waals surface area contributed by atoms with Crippen molar-refractivity contribution in [1.29, 1.82) is 0 Å². The molecule has 2 aliphatic carbocycles. The van der Waals surface area contributed by atoms with Gasteiger partial charge in [0.25, 0.3) is 0 Å². The van der Waals surface area contributed by atoms with Crippen LogP contribution in [0.4, 0.5) is 0 Å². The Balaban J connectivity index is 2.17. The Hall–Kier alpha value is 0.177. The van der Waals surface area contributed by atoms with E-state index in [2.05, 4.69) is 53.4 Å². The maximum absolute atomic E-state index is 4.10. The van der Waals surface area contributed by atoms with E-state index in [0.717, 1.165) is 34.8 Å². The summed E-state index contributed by atoms with van der Waals surface area (Å²) in [7, 11) is -0.434. The first kappa shape index (κ1) is 15.6. The van der Waals surface area contributed by atoms with Crippen molar-refractivity contribution >= 4 is 8.96 Å². The van der Waals surface area contributed by atoms with Crippen molar-refractivity contribution in [3.8, 4) is 0 Å². The van der Waals surface area contributed by atoms with E-state index in [1.807, 2.05) is 0 Å². The third kappa shape index (κ3) is 3.10. The smallest absolute Gasteiger partial charge is 0.141 e. The van der Waals surface area contributed by atoms with Gasteiger partial charge in [-0.3, -0.25) is 0 Å². The molecule has 0 aromatic carbocycles. The van der Waals surface area contributed by atoms with Crippen molar-refractivity contribution < 1.29 is 0 Å². The molecule has 2 fully saturated rings. The van der Waals surface area contributed by atoms with E-state index < -0.39 is 8.96 Å². The molecule has 0 spiro atoms. The minimum atomic E-state index is -0.434. The molecular weight excluding hydrogens is 246 g/mol. The quantitative estimate of drug-likeness (QED) is 0.729. The van der Waals surface area contributed by atoms with Crippen LogP contribution in [0.15, 0.2) is 0 Å². The van der Waals surface area contributed by atoms with Gasteiger partial charge in [0.05, 0.1) is 0 Å². The molecule has 0 amide bonds. The van der Waals surface area contributed by atoms with Gasteiger partial charge in [-0.2, -0.15) is 0 Å². The molecule has 0 heterocycles. The summed E-state index contributed by atoms with van der Waals surface area (Å²) in [6, 6.07) is 0. The molecule has 2 saturated carbocycles. The average Bonchev–Trinajstić information content (AvgIpc) is 2.38. The van der Waals surface area contributed by atoms with E-state index in [1.54, 1.807) is 0 Å². The molecule has 2 rings (SSSR count). The molecule has 111 valence electrons. The third-order valence-electron chi connectivity index (χ3n) is 6.04. The van der Waals surface area contributed by atoms with E-state index in [0.29, 0.717) is 5.54 Å². The normalized spacial score (nSPS) is 40.7. The highest BCUT2D eigenvalue weighted by molar-refractivity contribution is 6.60. The lowest BCUT2D eigenvalue weighted by Crippen LogP contribution is -2.54. The highest BCUT2D eigenvalue weighted by Crippen LogP contribution is 2.54. The molecule has 1 N–H and O–H groups in total. The Labute approximate surface area is 122 Å². The van der Waals surface area contributed by atoms with Crippen LogP contribution in [0.25, 0.3) is 0 Å². The topological polar surface area (TPSA) is 12.0 Å². The van der Waals surface area contributed by atoms with Gasteiger partial charge in [-0.1, -0.05) is 47.0 Å². The number of hydrogen-bond acceptors (Lipinski definition) is 1. The monoisotopic (exact) mass is 280 g/mol. The van der Waals surface area contributed by atoms with Crippen molar-refractivity contribution in [3.05, 3.63) is 0 Å². The molecule has 0 aromatic rings. The molecule has 2 aliphatic rings. The van der Waals surface area contributed by atoms with Gasteiger partial charge in [-0.05, 0) is 55.5 Å². The van der Waals surface area contributed by atoms with Crippen molar-refractivity contribution in [2.75, 3.05) is 0 Å². The van der Waals surface area contributed by atoms with Gasteiger partial charge in [0.2, 0.25) is 0 Å². The zero-order valence-electron chi connectivity index (χ0n) is 14.1. The summed E-state index contributed by atoms with van der Waals surface area (Å²) in [5, 5.41) is 0. The largest absolute Gasteiger partial charge is 0.333 e. The molecule has 4 unspecified atom stereocenters. The molecule has 1 radical (unpaired) electrons. The highest BCUT2D eigenvalue weighted by atomic mass is 28.3. The van der Waals surface area contributed by atoms with Crippen LogP contribution in [0.1, 0.15) is 67.7 Å². The average molecular weight is 281 g/mol. The maximum atomic E-state index is 4.10. The van der Waals surface area contributed by atoms with Crippen LogP contribution >= 0.6 is 0 Å². The van der Waals surface area contributed by atoms with E-state index in [9.17, 15) is 0 Å². The fourth-order valence-electron chi connectivity index (χ4n) is 4.27. The first-order valence-corrected chi connectivity index (χ1v) is 10.0. The van der Waals surface area contributed by atoms with Crippen molar-refractivity contribution in [3.63, 3.8) is 0 Å². The molecule has 4 atom stereocenters. The van der Waals surface area contributed by atoms with Gasteiger partial charge < -0.3 is 4.98 Å². The lowest BCUT2D eigenvalue weighted by atomic mass is 9.92. The number of nitrogens with one attached hydrogen (secondary N) is 1. The minimum absolute atomic E-state index is 0.290. The Morgan fingerprint density at radius 1 is 0.842 bits per heavy atom. The highest BCUT2D eigenvalue weighted by Gasteiger charge is 2.49. The Bertz CT molecular complexity index is 291. The molecule has 19 heavy (non-hydrogen) atoms. The van der Waals surface area contributed by atoms with Crippen LogP contribution in [-0.2, 0) is 0 Å². The fraction of sp³-hybridized carbons (Fsp3) is 1.00. The van der Waals surface area contributed by atoms with Gasteiger partial charge in [-0.15, -0.1) is 0 Å². The molecule has 0 bridgehead atoms.